The van der Waals surface area contributed by atoms with Crippen LogP contribution < -0.4 is 19.5 Å². The summed E-state index contributed by atoms with van der Waals surface area (Å²) in [6.07, 6.45) is 0. The average molecular weight is 385 g/mol. The highest BCUT2D eigenvalue weighted by Gasteiger charge is 2.18. The number of carbonyl (C=O) groups is 1. The zero-order valence-corrected chi connectivity index (χ0v) is 15.1. The summed E-state index contributed by atoms with van der Waals surface area (Å²) >= 11 is 5.83. The Morgan fingerprint density at radius 1 is 1.08 bits per heavy atom. The molecule has 0 aliphatic heterocycles. The van der Waals surface area contributed by atoms with E-state index in [-0.39, 0.29) is 10.6 Å². The van der Waals surface area contributed by atoms with Crippen LogP contribution in [-0.4, -0.2) is 35.1 Å². The lowest BCUT2D eigenvalue weighted by Crippen LogP contribution is -2.32. The third kappa shape index (κ3) is 5.09. The second-order valence-corrected chi connectivity index (χ2v) is 7.10. The van der Waals surface area contributed by atoms with Crippen LogP contribution in [0.4, 0.5) is 5.69 Å². The molecule has 9 heteroatoms. The molecule has 0 aromatic heterocycles. The summed E-state index contributed by atoms with van der Waals surface area (Å²) in [5.41, 5.74) is 0.475. The number of halogens is 1. The molecular weight excluding hydrogens is 368 g/mol. The van der Waals surface area contributed by atoms with Gasteiger partial charge in [-0.05, 0) is 30.3 Å². The topological polar surface area (TPSA) is 93.7 Å². The normalized spacial score (nSPS) is 11.0. The van der Waals surface area contributed by atoms with Crippen LogP contribution in [-0.2, 0) is 14.8 Å². The van der Waals surface area contributed by atoms with E-state index in [0.717, 1.165) is 0 Å². The Bertz CT molecular complexity index is 871. The maximum absolute atomic E-state index is 12.3. The number of sulfonamides is 1. The fourth-order valence-corrected chi connectivity index (χ4v) is 3.19. The van der Waals surface area contributed by atoms with Crippen molar-refractivity contribution in [2.75, 3.05) is 26.1 Å². The van der Waals surface area contributed by atoms with E-state index in [2.05, 4.69) is 10.0 Å². The van der Waals surface area contributed by atoms with E-state index in [1.807, 2.05) is 0 Å². The van der Waals surface area contributed by atoms with E-state index in [9.17, 15) is 13.2 Å². The third-order valence-corrected chi connectivity index (χ3v) is 4.83. The Labute approximate surface area is 151 Å². The van der Waals surface area contributed by atoms with Crippen LogP contribution in [0.5, 0.6) is 11.5 Å². The van der Waals surface area contributed by atoms with Crippen molar-refractivity contribution in [2.24, 2.45) is 0 Å². The molecule has 134 valence electrons. The van der Waals surface area contributed by atoms with Gasteiger partial charge in [-0.3, -0.25) is 4.79 Å². The molecule has 0 atom stereocenters. The lowest BCUT2D eigenvalue weighted by molar-refractivity contribution is -0.115. The lowest BCUT2D eigenvalue weighted by atomic mass is 10.3. The van der Waals surface area contributed by atoms with Gasteiger partial charge < -0.3 is 14.8 Å². The van der Waals surface area contributed by atoms with Crippen molar-refractivity contribution in [2.45, 2.75) is 4.90 Å². The predicted molar refractivity (Wildman–Crippen MR) is 94.8 cm³/mol. The standard InChI is InChI=1S/C16H17ClN2O5S/c1-23-14-7-6-13(9-15(14)24-2)25(21,22)18-10-16(20)19-12-5-3-4-11(17)8-12/h3-9,18H,10H2,1-2H3,(H,19,20). The highest BCUT2D eigenvalue weighted by molar-refractivity contribution is 7.89. The summed E-state index contributed by atoms with van der Waals surface area (Å²) in [5, 5.41) is 3.01. The lowest BCUT2D eigenvalue weighted by Gasteiger charge is -2.11. The van der Waals surface area contributed by atoms with Gasteiger partial charge in [0.15, 0.2) is 11.5 Å². The number of nitrogens with one attached hydrogen (secondary N) is 2. The molecule has 1 amide bonds. The van der Waals surface area contributed by atoms with Gasteiger partial charge in [0.25, 0.3) is 0 Å². The molecule has 0 unspecified atom stereocenters. The van der Waals surface area contributed by atoms with E-state index in [0.29, 0.717) is 16.5 Å². The van der Waals surface area contributed by atoms with Gasteiger partial charge in [0.2, 0.25) is 15.9 Å². The first kappa shape index (κ1) is 19.0. The average Bonchev–Trinajstić information content (AvgIpc) is 2.59. The number of carbonyl (C=O) groups excluding carboxylic acids is 1. The molecule has 2 aromatic carbocycles. The summed E-state index contributed by atoms with van der Waals surface area (Å²) in [6, 6.07) is 10.7. The van der Waals surface area contributed by atoms with Gasteiger partial charge in [0, 0.05) is 16.8 Å². The van der Waals surface area contributed by atoms with Gasteiger partial charge >= 0.3 is 0 Å². The van der Waals surface area contributed by atoms with Crippen LogP contribution in [0, 0.1) is 0 Å². The molecule has 0 aliphatic rings. The van der Waals surface area contributed by atoms with Gasteiger partial charge in [-0.1, -0.05) is 17.7 Å². The minimum Gasteiger partial charge on any atom is -0.493 e. The smallest absolute Gasteiger partial charge is 0.241 e. The van der Waals surface area contributed by atoms with E-state index in [1.165, 1.54) is 32.4 Å². The number of amides is 1. The number of hydrogen-bond acceptors (Lipinski definition) is 5. The Kier molecular flexibility index (Phi) is 6.24. The summed E-state index contributed by atoms with van der Waals surface area (Å²) < 4.78 is 37.0. The quantitative estimate of drug-likeness (QED) is 0.763. The number of anilines is 1. The molecule has 0 saturated heterocycles. The zero-order valence-electron chi connectivity index (χ0n) is 13.6. The fraction of sp³-hybridized carbons (Fsp3) is 0.188. The van der Waals surface area contributed by atoms with Gasteiger partial charge in [0.1, 0.15) is 0 Å². The molecule has 2 N–H and O–H groups in total. The number of rotatable bonds is 7. The first-order valence-electron chi connectivity index (χ1n) is 7.13. The van der Waals surface area contributed by atoms with E-state index in [1.54, 1.807) is 24.3 Å². The van der Waals surface area contributed by atoms with Crippen LogP contribution in [0.25, 0.3) is 0 Å². The maximum atomic E-state index is 12.3. The number of methoxy groups -OCH3 is 2. The molecule has 0 aliphatic carbocycles. The minimum absolute atomic E-state index is 0.0410. The molecule has 25 heavy (non-hydrogen) atoms. The first-order chi connectivity index (χ1) is 11.9. The molecule has 7 nitrogen and oxygen atoms in total. The van der Waals surface area contributed by atoms with Crippen molar-refractivity contribution < 1.29 is 22.7 Å². The highest BCUT2D eigenvalue weighted by atomic mass is 35.5. The van der Waals surface area contributed by atoms with E-state index < -0.39 is 22.5 Å². The van der Waals surface area contributed by atoms with E-state index in [4.69, 9.17) is 21.1 Å². The van der Waals surface area contributed by atoms with E-state index >= 15 is 0 Å². The Morgan fingerprint density at radius 3 is 2.44 bits per heavy atom. The number of hydrogen-bond donors (Lipinski definition) is 2. The molecule has 0 radical (unpaired) electrons. The van der Waals surface area contributed by atoms with Gasteiger partial charge in [0.05, 0.1) is 25.7 Å². The third-order valence-electron chi connectivity index (χ3n) is 3.20. The van der Waals surface area contributed by atoms with Crippen molar-refractivity contribution in [3.8, 4) is 11.5 Å². The molecule has 0 fully saturated rings. The van der Waals surface area contributed by atoms with Crippen LogP contribution in [0.2, 0.25) is 5.02 Å². The fourth-order valence-electron chi connectivity index (χ4n) is 2.00. The summed E-state index contributed by atoms with van der Waals surface area (Å²) in [5.74, 6) is 0.153. The van der Waals surface area contributed by atoms with Crippen molar-refractivity contribution in [1.29, 1.82) is 0 Å². The second-order valence-electron chi connectivity index (χ2n) is 4.90. The molecule has 0 saturated carbocycles. The highest BCUT2D eigenvalue weighted by Crippen LogP contribution is 2.29. The van der Waals surface area contributed by atoms with Crippen molar-refractivity contribution >= 4 is 33.2 Å². The summed E-state index contributed by atoms with van der Waals surface area (Å²) in [6.45, 7) is -0.427. The van der Waals surface area contributed by atoms with Crippen molar-refractivity contribution in [1.82, 2.24) is 4.72 Å². The predicted octanol–water partition coefficient (Wildman–Crippen LogP) is 2.27. The largest absolute Gasteiger partial charge is 0.493 e. The number of ether oxygens (including phenoxy) is 2. The van der Waals surface area contributed by atoms with Crippen molar-refractivity contribution in [3.63, 3.8) is 0 Å². The van der Waals surface area contributed by atoms with Gasteiger partial charge in [-0.2, -0.15) is 0 Å². The summed E-state index contributed by atoms with van der Waals surface area (Å²) in [7, 11) is -1.03. The monoisotopic (exact) mass is 384 g/mol. The maximum Gasteiger partial charge on any atom is 0.241 e. The molecule has 0 bridgehead atoms. The van der Waals surface area contributed by atoms with Crippen LogP contribution in [0.15, 0.2) is 47.4 Å². The Morgan fingerprint density at radius 2 is 1.80 bits per heavy atom. The minimum atomic E-state index is -3.89. The molecule has 2 aromatic rings. The molecule has 2 rings (SSSR count). The van der Waals surface area contributed by atoms with Gasteiger partial charge in [-0.15, -0.1) is 0 Å². The van der Waals surface area contributed by atoms with Crippen LogP contribution in [0.3, 0.4) is 0 Å². The number of benzene rings is 2. The van der Waals surface area contributed by atoms with Gasteiger partial charge in [-0.25, -0.2) is 13.1 Å². The first-order valence-corrected chi connectivity index (χ1v) is 8.99. The Hall–Kier alpha value is -2.29. The summed E-state index contributed by atoms with van der Waals surface area (Å²) in [4.78, 5) is 11.9. The molecule has 0 heterocycles. The second kappa shape index (κ2) is 8.19. The van der Waals surface area contributed by atoms with Crippen LogP contribution >= 0.6 is 11.6 Å². The SMILES string of the molecule is COc1ccc(S(=O)(=O)NCC(=O)Nc2cccc(Cl)c2)cc1OC. The molecule has 0 spiro atoms. The van der Waals surface area contributed by atoms with Crippen LogP contribution in [0.1, 0.15) is 0 Å². The van der Waals surface area contributed by atoms with Crippen molar-refractivity contribution in [3.05, 3.63) is 47.5 Å². The Balaban J connectivity index is 2.05. The zero-order chi connectivity index (χ0) is 18.4. The molecular formula is C16H17ClN2O5S.